The van der Waals surface area contributed by atoms with E-state index in [1.165, 1.54) is 6.07 Å². The molecule has 0 fully saturated rings. The summed E-state index contributed by atoms with van der Waals surface area (Å²) in [6.07, 6.45) is -4.36. The van der Waals surface area contributed by atoms with Gasteiger partial charge in [-0.3, -0.25) is 0 Å². The maximum Gasteiger partial charge on any atom is 0.422 e. The zero-order valence-electron chi connectivity index (χ0n) is 11.0. The molecule has 0 unspecified atom stereocenters. The standard InChI is InChI=1S/C15H13ClF3NO/c16-12-5-3-4-11(8-12)9-20-13-6-1-2-7-14(13)21-10-15(17,18)19/h1-8,20H,9-10H2. The van der Waals surface area contributed by atoms with Crippen LogP contribution in [0.25, 0.3) is 0 Å². The van der Waals surface area contributed by atoms with E-state index in [2.05, 4.69) is 5.32 Å². The Kier molecular flexibility index (Phi) is 4.96. The fraction of sp³-hybridized carbons (Fsp3) is 0.200. The van der Waals surface area contributed by atoms with Crippen LogP contribution in [0.3, 0.4) is 0 Å². The van der Waals surface area contributed by atoms with Crippen molar-refractivity contribution in [3.8, 4) is 5.75 Å². The van der Waals surface area contributed by atoms with Crippen molar-refractivity contribution >= 4 is 17.3 Å². The molecule has 0 heterocycles. The lowest BCUT2D eigenvalue weighted by atomic mass is 10.2. The van der Waals surface area contributed by atoms with Gasteiger partial charge in [0.1, 0.15) is 5.75 Å². The molecule has 0 atom stereocenters. The number of anilines is 1. The van der Waals surface area contributed by atoms with Crippen LogP contribution < -0.4 is 10.1 Å². The van der Waals surface area contributed by atoms with Gasteiger partial charge >= 0.3 is 6.18 Å². The van der Waals surface area contributed by atoms with Crippen molar-refractivity contribution in [1.82, 2.24) is 0 Å². The molecule has 1 N–H and O–H groups in total. The average Bonchev–Trinajstić information content (AvgIpc) is 2.43. The first-order valence-corrected chi connectivity index (χ1v) is 6.59. The third kappa shape index (κ3) is 5.19. The molecular formula is C15H13ClF3NO. The van der Waals surface area contributed by atoms with Gasteiger partial charge in [0.25, 0.3) is 0 Å². The number of para-hydroxylation sites is 2. The van der Waals surface area contributed by atoms with E-state index < -0.39 is 12.8 Å². The summed E-state index contributed by atoms with van der Waals surface area (Å²) in [5.41, 5.74) is 1.43. The molecule has 2 rings (SSSR count). The molecule has 0 aromatic heterocycles. The Morgan fingerprint density at radius 1 is 1.05 bits per heavy atom. The molecule has 2 nitrogen and oxygen atoms in total. The number of hydrogen-bond acceptors (Lipinski definition) is 2. The van der Waals surface area contributed by atoms with Crippen LogP contribution in [0.4, 0.5) is 18.9 Å². The number of alkyl halides is 3. The van der Waals surface area contributed by atoms with Crippen LogP contribution in [0.15, 0.2) is 48.5 Å². The van der Waals surface area contributed by atoms with Crippen molar-refractivity contribution in [2.75, 3.05) is 11.9 Å². The van der Waals surface area contributed by atoms with Gasteiger partial charge in [0.05, 0.1) is 5.69 Å². The second-order valence-corrected chi connectivity index (χ2v) is 4.82. The van der Waals surface area contributed by atoms with Crippen molar-refractivity contribution < 1.29 is 17.9 Å². The van der Waals surface area contributed by atoms with Gasteiger partial charge in [-0.05, 0) is 29.8 Å². The van der Waals surface area contributed by atoms with Gasteiger partial charge in [-0.25, -0.2) is 0 Å². The molecule has 0 aliphatic rings. The third-order valence-electron chi connectivity index (χ3n) is 2.65. The van der Waals surface area contributed by atoms with Gasteiger partial charge < -0.3 is 10.1 Å². The minimum absolute atomic E-state index is 0.164. The maximum atomic E-state index is 12.2. The number of halogens is 4. The normalized spacial score (nSPS) is 11.2. The van der Waals surface area contributed by atoms with Crippen LogP contribution in [0.5, 0.6) is 5.75 Å². The first-order chi connectivity index (χ1) is 9.94. The van der Waals surface area contributed by atoms with Crippen LogP contribution in [0, 0.1) is 0 Å². The number of hydrogen-bond donors (Lipinski definition) is 1. The lowest BCUT2D eigenvalue weighted by Crippen LogP contribution is -2.19. The van der Waals surface area contributed by atoms with E-state index in [-0.39, 0.29) is 5.75 Å². The number of benzene rings is 2. The number of ether oxygens (including phenoxy) is 1. The van der Waals surface area contributed by atoms with Gasteiger partial charge in [0.2, 0.25) is 0 Å². The number of nitrogens with one attached hydrogen (secondary N) is 1. The van der Waals surface area contributed by atoms with Crippen molar-refractivity contribution in [3.05, 3.63) is 59.1 Å². The van der Waals surface area contributed by atoms with Gasteiger partial charge in [-0.1, -0.05) is 35.9 Å². The lowest BCUT2D eigenvalue weighted by Gasteiger charge is -2.14. The zero-order valence-corrected chi connectivity index (χ0v) is 11.7. The van der Waals surface area contributed by atoms with Crippen LogP contribution >= 0.6 is 11.6 Å². The number of rotatable bonds is 5. The van der Waals surface area contributed by atoms with E-state index in [1.54, 1.807) is 30.3 Å². The van der Waals surface area contributed by atoms with E-state index in [0.29, 0.717) is 17.3 Å². The second-order valence-electron chi connectivity index (χ2n) is 4.38. The van der Waals surface area contributed by atoms with Crippen molar-refractivity contribution in [1.29, 1.82) is 0 Å². The Morgan fingerprint density at radius 3 is 2.52 bits per heavy atom. The predicted molar refractivity (Wildman–Crippen MR) is 76.8 cm³/mol. The van der Waals surface area contributed by atoms with Crippen LogP contribution in [-0.4, -0.2) is 12.8 Å². The summed E-state index contributed by atoms with van der Waals surface area (Å²) in [6.45, 7) is -0.879. The highest BCUT2D eigenvalue weighted by molar-refractivity contribution is 6.30. The molecule has 0 saturated carbocycles. The average molecular weight is 316 g/mol. The Morgan fingerprint density at radius 2 is 1.81 bits per heavy atom. The summed E-state index contributed by atoms with van der Waals surface area (Å²) < 4.78 is 41.4. The first kappa shape index (κ1) is 15.5. The van der Waals surface area contributed by atoms with Crippen LogP contribution in [0.1, 0.15) is 5.56 Å². The fourth-order valence-electron chi connectivity index (χ4n) is 1.74. The largest absolute Gasteiger partial charge is 0.482 e. The molecule has 0 spiro atoms. The van der Waals surface area contributed by atoms with Gasteiger partial charge in [0.15, 0.2) is 6.61 Å². The molecular weight excluding hydrogens is 303 g/mol. The van der Waals surface area contributed by atoms with Gasteiger partial charge in [-0.2, -0.15) is 13.2 Å². The van der Waals surface area contributed by atoms with Crippen LogP contribution in [-0.2, 0) is 6.54 Å². The highest BCUT2D eigenvalue weighted by atomic mass is 35.5. The molecule has 2 aromatic carbocycles. The Balaban J connectivity index is 2.03. The van der Waals surface area contributed by atoms with E-state index in [9.17, 15) is 13.2 Å². The molecule has 21 heavy (non-hydrogen) atoms. The van der Waals surface area contributed by atoms with E-state index in [4.69, 9.17) is 16.3 Å². The van der Waals surface area contributed by atoms with E-state index >= 15 is 0 Å². The summed E-state index contributed by atoms with van der Waals surface area (Å²) in [5.74, 6) is 0.164. The second kappa shape index (κ2) is 6.72. The minimum Gasteiger partial charge on any atom is -0.482 e. The Hall–Kier alpha value is -1.88. The molecule has 0 radical (unpaired) electrons. The lowest BCUT2D eigenvalue weighted by molar-refractivity contribution is -0.153. The third-order valence-corrected chi connectivity index (χ3v) is 2.89. The quantitative estimate of drug-likeness (QED) is 0.848. The molecule has 112 valence electrons. The molecule has 0 amide bonds. The van der Waals surface area contributed by atoms with Gasteiger partial charge in [-0.15, -0.1) is 0 Å². The molecule has 2 aromatic rings. The summed E-state index contributed by atoms with van der Waals surface area (Å²) in [5, 5.41) is 3.65. The molecule has 0 aliphatic carbocycles. The Bertz CT molecular complexity index is 601. The van der Waals surface area contributed by atoms with E-state index in [1.807, 2.05) is 12.1 Å². The summed E-state index contributed by atoms with van der Waals surface area (Å²) in [7, 11) is 0. The SMILES string of the molecule is FC(F)(F)COc1ccccc1NCc1cccc(Cl)c1. The summed E-state index contributed by atoms with van der Waals surface area (Å²) in [4.78, 5) is 0. The molecule has 0 aliphatic heterocycles. The zero-order chi connectivity index (χ0) is 15.3. The summed E-state index contributed by atoms with van der Waals surface area (Å²) in [6, 6.07) is 13.7. The van der Waals surface area contributed by atoms with Crippen molar-refractivity contribution in [2.24, 2.45) is 0 Å². The fourth-order valence-corrected chi connectivity index (χ4v) is 1.96. The smallest absolute Gasteiger partial charge is 0.422 e. The van der Waals surface area contributed by atoms with Crippen LogP contribution in [0.2, 0.25) is 5.02 Å². The molecule has 0 saturated heterocycles. The highest BCUT2D eigenvalue weighted by Gasteiger charge is 2.28. The highest BCUT2D eigenvalue weighted by Crippen LogP contribution is 2.26. The topological polar surface area (TPSA) is 21.3 Å². The summed E-state index contributed by atoms with van der Waals surface area (Å²) >= 11 is 5.88. The predicted octanol–water partition coefficient (Wildman–Crippen LogP) is 4.89. The molecule has 0 bridgehead atoms. The first-order valence-electron chi connectivity index (χ1n) is 6.21. The monoisotopic (exact) mass is 315 g/mol. The Labute approximate surface area is 125 Å². The van der Waals surface area contributed by atoms with E-state index in [0.717, 1.165) is 5.56 Å². The van der Waals surface area contributed by atoms with Crippen molar-refractivity contribution in [3.63, 3.8) is 0 Å². The van der Waals surface area contributed by atoms with Crippen molar-refractivity contribution in [2.45, 2.75) is 12.7 Å². The maximum absolute atomic E-state index is 12.2. The minimum atomic E-state index is -4.36. The molecule has 6 heteroatoms. The van der Waals surface area contributed by atoms with Gasteiger partial charge in [0, 0.05) is 11.6 Å².